The van der Waals surface area contributed by atoms with E-state index in [-0.39, 0.29) is 24.1 Å². The van der Waals surface area contributed by atoms with Crippen molar-refractivity contribution in [2.24, 2.45) is 0 Å². The third kappa shape index (κ3) is 4.82. The number of likely N-dealkylation sites (N-methyl/N-ethyl adjacent to an activating group) is 1. The minimum atomic E-state index is -0.209. The number of fused-ring (bicyclic) bond motifs is 1. The van der Waals surface area contributed by atoms with Crippen LogP contribution in [-0.4, -0.2) is 46.0 Å². The van der Waals surface area contributed by atoms with Crippen LogP contribution in [0, 0.1) is 34.6 Å². The summed E-state index contributed by atoms with van der Waals surface area (Å²) < 4.78 is 0. The van der Waals surface area contributed by atoms with Crippen molar-refractivity contribution in [3.8, 4) is 0 Å². The number of aromatic nitrogens is 2. The minimum absolute atomic E-state index is 0.00191. The van der Waals surface area contributed by atoms with Gasteiger partial charge in [0.1, 0.15) is 16.2 Å². The summed E-state index contributed by atoms with van der Waals surface area (Å²) in [6.45, 7) is 10.1. The summed E-state index contributed by atoms with van der Waals surface area (Å²) in [6, 6.07) is 4.06. The van der Waals surface area contributed by atoms with Crippen LogP contribution in [0.5, 0.6) is 0 Å². The lowest BCUT2D eigenvalue weighted by Gasteiger charge is -2.18. The molecule has 0 atom stereocenters. The lowest BCUT2D eigenvalue weighted by atomic mass is 10.1. The van der Waals surface area contributed by atoms with E-state index in [1.807, 2.05) is 32.9 Å². The Morgan fingerprint density at radius 3 is 2.43 bits per heavy atom. The number of anilines is 1. The van der Waals surface area contributed by atoms with Gasteiger partial charge in [0.15, 0.2) is 0 Å². The van der Waals surface area contributed by atoms with Crippen molar-refractivity contribution in [1.82, 2.24) is 14.9 Å². The van der Waals surface area contributed by atoms with Crippen LogP contribution in [0.1, 0.15) is 27.1 Å². The summed E-state index contributed by atoms with van der Waals surface area (Å²) in [5.74, 6) is -0.115. The molecule has 3 aromatic rings. The summed E-state index contributed by atoms with van der Waals surface area (Å²) in [5.41, 5.74) is 5.15. The molecular formula is C22H26N4O2S2. The molecule has 3 rings (SSSR count). The van der Waals surface area contributed by atoms with E-state index >= 15 is 0 Å². The molecule has 0 saturated carbocycles. The van der Waals surface area contributed by atoms with E-state index in [0.717, 1.165) is 43.2 Å². The number of carbonyl (C=O) groups is 2. The number of amides is 2. The molecule has 0 unspecified atom stereocenters. The average molecular weight is 443 g/mol. The molecule has 2 amide bonds. The molecule has 0 radical (unpaired) electrons. The summed E-state index contributed by atoms with van der Waals surface area (Å²) in [6.07, 6.45) is 1.54. The van der Waals surface area contributed by atoms with Crippen LogP contribution >= 0.6 is 23.1 Å². The number of hydrogen-bond donors (Lipinski definition) is 1. The molecule has 0 spiro atoms. The van der Waals surface area contributed by atoms with Crippen molar-refractivity contribution in [2.75, 3.05) is 24.7 Å². The van der Waals surface area contributed by atoms with Crippen molar-refractivity contribution < 1.29 is 9.59 Å². The van der Waals surface area contributed by atoms with Gasteiger partial charge in [0.05, 0.1) is 12.3 Å². The van der Waals surface area contributed by atoms with Crippen LogP contribution in [0.25, 0.3) is 10.2 Å². The number of benzene rings is 1. The third-order valence-electron chi connectivity index (χ3n) is 5.01. The quantitative estimate of drug-likeness (QED) is 0.452. The Labute approximate surface area is 185 Å². The lowest BCUT2D eigenvalue weighted by Crippen LogP contribution is -2.36. The van der Waals surface area contributed by atoms with Gasteiger partial charge in [0, 0.05) is 23.0 Å². The Morgan fingerprint density at radius 2 is 1.77 bits per heavy atom. The van der Waals surface area contributed by atoms with Crippen LogP contribution in [0.15, 0.2) is 23.5 Å². The average Bonchev–Trinajstić information content (AvgIpc) is 2.97. The molecule has 6 nitrogen and oxygen atoms in total. The molecule has 0 aliphatic heterocycles. The maximum Gasteiger partial charge on any atom is 0.243 e. The topological polar surface area (TPSA) is 75.2 Å². The van der Waals surface area contributed by atoms with Gasteiger partial charge < -0.3 is 10.2 Å². The van der Waals surface area contributed by atoms with Gasteiger partial charge in [-0.1, -0.05) is 29.5 Å². The van der Waals surface area contributed by atoms with E-state index in [9.17, 15) is 9.59 Å². The fourth-order valence-electron chi connectivity index (χ4n) is 3.36. The number of thiophene rings is 1. The molecule has 0 aliphatic carbocycles. The van der Waals surface area contributed by atoms with Crippen molar-refractivity contribution in [1.29, 1.82) is 0 Å². The summed E-state index contributed by atoms with van der Waals surface area (Å²) in [4.78, 5) is 37.4. The van der Waals surface area contributed by atoms with Crippen molar-refractivity contribution in [3.63, 3.8) is 0 Å². The van der Waals surface area contributed by atoms with Gasteiger partial charge in [0.2, 0.25) is 11.8 Å². The zero-order valence-electron chi connectivity index (χ0n) is 18.1. The second-order valence-electron chi connectivity index (χ2n) is 7.50. The Balaban J connectivity index is 1.61. The Bertz CT molecular complexity index is 1100. The predicted molar refractivity (Wildman–Crippen MR) is 125 cm³/mol. The first-order chi connectivity index (χ1) is 14.2. The number of hydrogen-bond acceptors (Lipinski definition) is 6. The molecule has 0 bridgehead atoms. The van der Waals surface area contributed by atoms with Crippen LogP contribution in [0.3, 0.4) is 0 Å². The molecule has 0 aliphatic rings. The molecule has 8 heteroatoms. The number of aryl methyl sites for hydroxylation is 5. The second-order valence-corrected chi connectivity index (χ2v) is 9.67. The lowest BCUT2D eigenvalue weighted by molar-refractivity contribution is -0.131. The fourth-order valence-corrected chi connectivity index (χ4v) is 5.42. The second kappa shape index (κ2) is 9.14. The maximum atomic E-state index is 12.6. The molecule has 0 saturated heterocycles. The normalized spacial score (nSPS) is 11.0. The van der Waals surface area contributed by atoms with Gasteiger partial charge in [-0.25, -0.2) is 9.97 Å². The van der Waals surface area contributed by atoms with E-state index in [0.29, 0.717) is 0 Å². The van der Waals surface area contributed by atoms with Crippen molar-refractivity contribution >= 4 is 50.8 Å². The molecule has 2 aromatic heterocycles. The highest BCUT2D eigenvalue weighted by molar-refractivity contribution is 8.00. The van der Waals surface area contributed by atoms with Crippen molar-refractivity contribution in [2.45, 2.75) is 39.6 Å². The first-order valence-corrected chi connectivity index (χ1v) is 11.4. The monoisotopic (exact) mass is 442 g/mol. The fraction of sp³-hybridized carbons (Fsp3) is 0.364. The van der Waals surface area contributed by atoms with Crippen LogP contribution in [0.4, 0.5) is 5.69 Å². The highest BCUT2D eigenvalue weighted by atomic mass is 32.2. The van der Waals surface area contributed by atoms with Crippen molar-refractivity contribution in [3.05, 3.63) is 45.6 Å². The van der Waals surface area contributed by atoms with Gasteiger partial charge in [0.25, 0.3) is 0 Å². The first-order valence-electron chi connectivity index (χ1n) is 9.62. The van der Waals surface area contributed by atoms with E-state index in [1.54, 1.807) is 18.4 Å². The van der Waals surface area contributed by atoms with Gasteiger partial charge in [-0.3, -0.25) is 9.59 Å². The smallest absolute Gasteiger partial charge is 0.243 e. The highest BCUT2D eigenvalue weighted by Gasteiger charge is 2.17. The van der Waals surface area contributed by atoms with Crippen LogP contribution in [0.2, 0.25) is 0 Å². The van der Waals surface area contributed by atoms with Gasteiger partial charge in [-0.15, -0.1) is 11.3 Å². The highest BCUT2D eigenvalue weighted by Crippen LogP contribution is 2.34. The SMILES string of the molecule is Cc1cc(C)c(NC(=O)CN(C)C(=O)CSc2ncnc3sc(C)c(C)c23)c(C)c1. The number of nitrogens with one attached hydrogen (secondary N) is 1. The van der Waals surface area contributed by atoms with Crippen LogP contribution in [-0.2, 0) is 9.59 Å². The maximum absolute atomic E-state index is 12.6. The van der Waals surface area contributed by atoms with E-state index in [4.69, 9.17) is 0 Å². The molecule has 0 fully saturated rings. The molecular weight excluding hydrogens is 416 g/mol. The Hall–Kier alpha value is -2.45. The van der Waals surface area contributed by atoms with Gasteiger partial charge >= 0.3 is 0 Å². The van der Waals surface area contributed by atoms with E-state index in [1.165, 1.54) is 27.9 Å². The molecule has 1 N–H and O–H groups in total. The van der Waals surface area contributed by atoms with E-state index in [2.05, 4.69) is 29.1 Å². The zero-order chi connectivity index (χ0) is 22.0. The number of rotatable bonds is 6. The molecule has 158 valence electrons. The summed E-state index contributed by atoms with van der Waals surface area (Å²) >= 11 is 3.02. The standard InChI is InChI=1S/C22H26N4O2S2/c1-12-7-13(2)20(14(3)8-12)25-17(27)9-26(6)18(28)10-29-21-19-15(4)16(5)30-22(19)24-11-23-21/h7-8,11H,9-10H2,1-6H3,(H,25,27). The predicted octanol–water partition coefficient (Wildman–Crippen LogP) is 4.42. The molecule has 30 heavy (non-hydrogen) atoms. The number of nitrogens with zero attached hydrogens (tertiary/aromatic N) is 3. The first kappa shape index (κ1) is 22.2. The molecule has 2 heterocycles. The molecule has 1 aromatic carbocycles. The summed E-state index contributed by atoms with van der Waals surface area (Å²) in [7, 11) is 1.65. The zero-order valence-corrected chi connectivity index (χ0v) is 19.8. The van der Waals surface area contributed by atoms with Gasteiger partial charge in [-0.2, -0.15) is 0 Å². The minimum Gasteiger partial charge on any atom is -0.336 e. The summed E-state index contributed by atoms with van der Waals surface area (Å²) in [5, 5.41) is 4.76. The largest absolute Gasteiger partial charge is 0.336 e. The third-order valence-corrected chi connectivity index (χ3v) is 7.10. The Morgan fingerprint density at radius 1 is 1.10 bits per heavy atom. The Kier molecular flexibility index (Phi) is 6.77. The number of carbonyl (C=O) groups excluding carboxylic acids is 2. The van der Waals surface area contributed by atoms with Gasteiger partial charge in [-0.05, 0) is 51.3 Å². The number of thioether (sulfide) groups is 1. The van der Waals surface area contributed by atoms with Crippen LogP contribution < -0.4 is 5.32 Å². The van der Waals surface area contributed by atoms with E-state index < -0.39 is 0 Å².